The Labute approximate surface area is 123 Å². The highest BCUT2D eigenvalue weighted by Crippen LogP contribution is 2.33. The first-order valence-electron chi connectivity index (χ1n) is 6.68. The molecular weight excluding hydrogens is 266 g/mol. The van der Waals surface area contributed by atoms with Gasteiger partial charge in [-0.2, -0.15) is 5.26 Å². The maximum atomic E-state index is 11.9. The molecule has 0 fully saturated rings. The molecule has 0 unspecified atom stereocenters. The number of hydrogen-bond donors (Lipinski definition) is 0. The van der Waals surface area contributed by atoms with Crippen LogP contribution >= 0.6 is 0 Å². The van der Waals surface area contributed by atoms with Crippen LogP contribution in [0.3, 0.4) is 0 Å². The Hall–Kier alpha value is -2.54. The van der Waals surface area contributed by atoms with Crippen molar-refractivity contribution in [3.8, 4) is 11.8 Å². The van der Waals surface area contributed by atoms with E-state index in [9.17, 15) is 4.79 Å². The molecule has 1 aromatic heterocycles. The van der Waals surface area contributed by atoms with Gasteiger partial charge in [-0.15, -0.1) is 6.58 Å². The monoisotopic (exact) mass is 283 g/mol. The van der Waals surface area contributed by atoms with Crippen LogP contribution in [0.25, 0.3) is 11.0 Å². The molecule has 0 amide bonds. The van der Waals surface area contributed by atoms with Crippen LogP contribution in [0.15, 0.2) is 27.9 Å². The smallest absolute Gasteiger partial charge is 0.339 e. The van der Waals surface area contributed by atoms with Crippen LogP contribution in [0.1, 0.15) is 22.3 Å². The van der Waals surface area contributed by atoms with Gasteiger partial charge in [0.15, 0.2) is 6.61 Å². The van der Waals surface area contributed by atoms with E-state index in [1.54, 1.807) is 13.0 Å². The largest absolute Gasteiger partial charge is 0.478 e. The fourth-order valence-corrected chi connectivity index (χ4v) is 2.40. The van der Waals surface area contributed by atoms with Gasteiger partial charge in [0.1, 0.15) is 17.4 Å². The third-order valence-electron chi connectivity index (χ3n) is 3.65. The molecule has 0 saturated carbocycles. The lowest BCUT2D eigenvalue weighted by Crippen LogP contribution is -2.08. The molecule has 21 heavy (non-hydrogen) atoms. The van der Waals surface area contributed by atoms with Crippen LogP contribution in [0.5, 0.6) is 5.75 Å². The summed E-state index contributed by atoms with van der Waals surface area (Å²) in [4.78, 5) is 11.9. The SMILES string of the molecule is C=CCc1cc2c(C)c(C)c(=O)oc2c(C)c1OCC#N. The lowest BCUT2D eigenvalue weighted by Gasteiger charge is -2.15. The van der Waals surface area contributed by atoms with E-state index in [0.29, 0.717) is 23.3 Å². The Morgan fingerprint density at radius 1 is 1.33 bits per heavy atom. The third kappa shape index (κ3) is 2.55. The molecular formula is C17H17NO3. The normalized spacial score (nSPS) is 10.4. The maximum Gasteiger partial charge on any atom is 0.339 e. The van der Waals surface area contributed by atoms with E-state index in [2.05, 4.69) is 6.58 Å². The number of hydrogen-bond acceptors (Lipinski definition) is 4. The third-order valence-corrected chi connectivity index (χ3v) is 3.65. The molecule has 0 bridgehead atoms. The zero-order valence-corrected chi connectivity index (χ0v) is 12.4. The zero-order chi connectivity index (χ0) is 15.6. The number of aryl methyl sites for hydroxylation is 2. The van der Waals surface area contributed by atoms with E-state index in [1.165, 1.54) is 0 Å². The summed E-state index contributed by atoms with van der Waals surface area (Å²) in [7, 11) is 0. The predicted octanol–water partition coefficient (Wildman–Crippen LogP) is 3.35. The molecule has 0 aliphatic rings. The van der Waals surface area contributed by atoms with E-state index >= 15 is 0 Å². The summed E-state index contributed by atoms with van der Waals surface area (Å²) < 4.78 is 10.9. The van der Waals surface area contributed by atoms with Crippen LogP contribution in [-0.4, -0.2) is 6.61 Å². The Morgan fingerprint density at radius 2 is 2.05 bits per heavy atom. The minimum atomic E-state index is -0.342. The van der Waals surface area contributed by atoms with Crippen molar-refractivity contribution in [3.05, 3.63) is 51.4 Å². The van der Waals surface area contributed by atoms with Crippen molar-refractivity contribution < 1.29 is 9.15 Å². The minimum Gasteiger partial charge on any atom is -0.478 e. The van der Waals surface area contributed by atoms with Crippen molar-refractivity contribution in [1.29, 1.82) is 5.26 Å². The number of nitriles is 1. The van der Waals surface area contributed by atoms with Gasteiger partial charge in [-0.3, -0.25) is 0 Å². The van der Waals surface area contributed by atoms with Crippen LogP contribution in [-0.2, 0) is 6.42 Å². The number of fused-ring (bicyclic) bond motifs is 1. The molecule has 0 atom stereocenters. The summed E-state index contributed by atoms with van der Waals surface area (Å²) in [5.41, 5.74) is 3.36. The fourth-order valence-electron chi connectivity index (χ4n) is 2.40. The molecule has 0 aliphatic heterocycles. The summed E-state index contributed by atoms with van der Waals surface area (Å²) in [5, 5.41) is 9.60. The molecule has 0 saturated heterocycles. The topological polar surface area (TPSA) is 63.2 Å². The van der Waals surface area contributed by atoms with E-state index in [0.717, 1.165) is 22.1 Å². The second kappa shape index (κ2) is 5.84. The molecule has 2 aromatic rings. The second-order valence-corrected chi connectivity index (χ2v) is 4.95. The van der Waals surface area contributed by atoms with Gasteiger partial charge in [0.25, 0.3) is 0 Å². The van der Waals surface area contributed by atoms with Crippen LogP contribution in [0.4, 0.5) is 0 Å². The quantitative estimate of drug-likeness (QED) is 0.637. The minimum absolute atomic E-state index is 0.0500. The van der Waals surface area contributed by atoms with Gasteiger partial charge in [-0.05, 0) is 44.4 Å². The van der Waals surface area contributed by atoms with Crippen molar-refractivity contribution in [2.45, 2.75) is 27.2 Å². The zero-order valence-electron chi connectivity index (χ0n) is 12.4. The number of rotatable bonds is 4. The van der Waals surface area contributed by atoms with Crippen LogP contribution in [0.2, 0.25) is 0 Å². The number of allylic oxidation sites excluding steroid dienone is 1. The predicted molar refractivity (Wildman–Crippen MR) is 81.7 cm³/mol. The van der Waals surface area contributed by atoms with Gasteiger partial charge in [0, 0.05) is 16.5 Å². The highest BCUT2D eigenvalue weighted by Gasteiger charge is 2.16. The molecule has 2 rings (SSSR count). The summed E-state index contributed by atoms with van der Waals surface area (Å²) in [6, 6.07) is 3.90. The molecule has 0 spiro atoms. The number of ether oxygens (including phenoxy) is 1. The van der Waals surface area contributed by atoms with Gasteiger partial charge >= 0.3 is 5.63 Å². The van der Waals surface area contributed by atoms with Gasteiger partial charge in [0.05, 0.1) is 0 Å². The van der Waals surface area contributed by atoms with Crippen LogP contribution in [0, 0.1) is 32.1 Å². The molecule has 108 valence electrons. The van der Waals surface area contributed by atoms with Gasteiger partial charge in [0.2, 0.25) is 0 Å². The van der Waals surface area contributed by atoms with E-state index in [4.69, 9.17) is 14.4 Å². The van der Waals surface area contributed by atoms with Gasteiger partial charge < -0.3 is 9.15 Å². The molecule has 0 N–H and O–H groups in total. The van der Waals surface area contributed by atoms with E-state index < -0.39 is 0 Å². The molecule has 4 heteroatoms. The average Bonchev–Trinajstić information content (AvgIpc) is 2.46. The van der Waals surface area contributed by atoms with Gasteiger partial charge in [-0.25, -0.2) is 4.79 Å². The van der Waals surface area contributed by atoms with Gasteiger partial charge in [-0.1, -0.05) is 6.08 Å². The summed E-state index contributed by atoms with van der Waals surface area (Å²) >= 11 is 0. The summed E-state index contributed by atoms with van der Waals surface area (Å²) in [6.45, 7) is 9.19. The van der Waals surface area contributed by atoms with Crippen molar-refractivity contribution in [1.82, 2.24) is 0 Å². The lowest BCUT2D eigenvalue weighted by atomic mass is 9.98. The van der Waals surface area contributed by atoms with Crippen molar-refractivity contribution in [3.63, 3.8) is 0 Å². The Kier molecular flexibility index (Phi) is 4.13. The fraction of sp³-hybridized carbons (Fsp3) is 0.294. The number of nitrogens with zero attached hydrogens (tertiary/aromatic N) is 1. The van der Waals surface area contributed by atoms with Crippen LogP contribution < -0.4 is 10.4 Å². The maximum absolute atomic E-state index is 11.9. The first-order chi connectivity index (χ1) is 10.0. The highest BCUT2D eigenvalue weighted by atomic mass is 16.5. The molecule has 1 aromatic carbocycles. The highest BCUT2D eigenvalue weighted by molar-refractivity contribution is 5.87. The lowest BCUT2D eigenvalue weighted by molar-refractivity contribution is 0.361. The van der Waals surface area contributed by atoms with Crippen molar-refractivity contribution in [2.75, 3.05) is 6.61 Å². The Morgan fingerprint density at radius 3 is 2.67 bits per heavy atom. The second-order valence-electron chi connectivity index (χ2n) is 4.95. The van der Waals surface area contributed by atoms with Crippen molar-refractivity contribution >= 4 is 11.0 Å². The average molecular weight is 283 g/mol. The molecule has 1 heterocycles. The Balaban J connectivity index is 2.84. The van der Waals surface area contributed by atoms with E-state index in [1.807, 2.05) is 26.0 Å². The first-order valence-corrected chi connectivity index (χ1v) is 6.68. The first kappa shape index (κ1) is 14.9. The standard InChI is InChI=1S/C17H17NO3/c1-5-6-13-9-14-10(2)11(3)17(19)21-16(14)12(4)15(13)20-8-7-18/h5,9H,1,6,8H2,2-4H3. The summed E-state index contributed by atoms with van der Waals surface area (Å²) in [6.07, 6.45) is 2.40. The number of benzene rings is 1. The molecule has 0 aliphatic carbocycles. The summed E-state index contributed by atoms with van der Waals surface area (Å²) in [5.74, 6) is 0.593. The van der Waals surface area contributed by atoms with E-state index in [-0.39, 0.29) is 12.2 Å². The van der Waals surface area contributed by atoms with Crippen molar-refractivity contribution in [2.24, 2.45) is 0 Å². The Bertz CT molecular complexity index is 810. The molecule has 0 radical (unpaired) electrons. The molecule has 4 nitrogen and oxygen atoms in total.